The minimum absolute atomic E-state index is 0.00473. The first kappa shape index (κ1) is 20.6. The quantitative estimate of drug-likeness (QED) is 0.712. The Hall–Kier alpha value is -1.76. The number of ether oxygens (including phenoxy) is 1. The van der Waals surface area contributed by atoms with Crippen LogP contribution in [0.3, 0.4) is 0 Å². The second kappa shape index (κ2) is 9.26. The Balaban J connectivity index is 2.10. The van der Waals surface area contributed by atoms with E-state index >= 15 is 0 Å². The van der Waals surface area contributed by atoms with Crippen molar-refractivity contribution in [1.29, 1.82) is 0 Å². The standard InChI is InChI=1S/C19H30N2O4S/c1-4-7-10-15(5-2)13-20-19(22)18-14-21(26(23,24)6-3)16-11-8-9-12-17(16)25-18/h8-9,11-12,15,18H,4-7,10,13-14H2,1-3H3,(H,20,22)/t15-,18+/m0/s1. The van der Waals surface area contributed by atoms with Gasteiger partial charge in [0.2, 0.25) is 10.0 Å². The van der Waals surface area contributed by atoms with Crippen molar-refractivity contribution in [2.45, 2.75) is 52.6 Å². The van der Waals surface area contributed by atoms with E-state index in [-0.39, 0.29) is 18.2 Å². The highest BCUT2D eigenvalue weighted by Crippen LogP contribution is 2.35. The van der Waals surface area contributed by atoms with Gasteiger partial charge in [-0.2, -0.15) is 0 Å². The number of benzene rings is 1. The van der Waals surface area contributed by atoms with E-state index < -0.39 is 16.1 Å². The maximum atomic E-state index is 12.6. The molecule has 1 aliphatic heterocycles. The van der Waals surface area contributed by atoms with Crippen molar-refractivity contribution < 1.29 is 17.9 Å². The second-order valence-corrected chi connectivity index (χ2v) is 8.85. The number of amides is 1. The van der Waals surface area contributed by atoms with Crippen LogP contribution < -0.4 is 14.4 Å². The van der Waals surface area contributed by atoms with Gasteiger partial charge in [0.25, 0.3) is 5.91 Å². The molecule has 1 aliphatic rings. The highest BCUT2D eigenvalue weighted by Gasteiger charge is 2.35. The van der Waals surface area contributed by atoms with Gasteiger partial charge in [0.15, 0.2) is 6.10 Å². The molecule has 0 aromatic heterocycles. The number of sulfonamides is 1. The van der Waals surface area contributed by atoms with Crippen molar-refractivity contribution in [2.24, 2.45) is 5.92 Å². The lowest BCUT2D eigenvalue weighted by Gasteiger charge is -2.34. The number of rotatable bonds is 9. The number of unbranched alkanes of at least 4 members (excludes halogenated alkanes) is 1. The summed E-state index contributed by atoms with van der Waals surface area (Å²) < 4.78 is 32.0. The molecule has 0 unspecified atom stereocenters. The van der Waals surface area contributed by atoms with Crippen LogP contribution in [0.2, 0.25) is 0 Å². The topological polar surface area (TPSA) is 75.7 Å². The molecule has 2 atom stereocenters. The summed E-state index contributed by atoms with van der Waals surface area (Å²) in [5.74, 6) is 0.579. The molecule has 1 heterocycles. The third kappa shape index (κ3) is 4.90. The van der Waals surface area contributed by atoms with E-state index in [9.17, 15) is 13.2 Å². The number of nitrogens with one attached hydrogen (secondary N) is 1. The number of fused-ring (bicyclic) bond motifs is 1. The van der Waals surface area contributed by atoms with Crippen molar-refractivity contribution >= 4 is 21.6 Å². The van der Waals surface area contributed by atoms with E-state index in [1.165, 1.54) is 4.31 Å². The van der Waals surface area contributed by atoms with Crippen LogP contribution in [-0.4, -0.2) is 39.3 Å². The molecule has 146 valence electrons. The Morgan fingerprint density at radius 3 is 2.69 bits per heavy atom. The molecule has 0 saturated heterocycles. The number of hydrogen-bond acceptors (Lipinski definition) is 4. The third-order valence-corrected chi connectivity index (χ3v) is 6.58. The van der Waals surface area contributed by atoms with Gasteiger partial charge in [0.1, 0.15) is 5.75 Å². The van der Waals surface area contributed by atoms with Gasteiger partial charge in [-0.3, -0.25) is 9.10 Å². The molecule has 0 aliphatic carbocycles. The van der Waals surface area contributed by atoms with Crippen LogP contribution in [0.25, 0.3) is 0 Å². The molecule has 26 heavy (non-hydrogen) atoms. The van der Waals surface area contributed by atoms with Crippen LogP contribution in [0.5, 0.6) is 5.75 Å². The number of nitrogens with zero attached hydrogens (tertiary/aromatic N) is 1. The summed E-state index contributed by atoms with van der Waals surface area (Å²) in [7, 11) is -3.48. The van der Waals surface area contributed by atoms with Gasteiger partial charge in [0, 0.05) is 6.54 Å². The first-order valence-electron chi connectivity index (χ1n) is 9.46. The van der Waals surface area contributed by atoms with Crippen molar-refractivity contribution in [3.05, 3.63) is 24.3 Å². The average Bonchev–Trinajstić information content (AvgIpc) is 2.66. The molecule has 1 aromatic rings. The summed E-state index contributed by atoms with van der Waals surface area (Å²) in [6, 6.07) is 6.94. The zero-order chi connectivity index (χ0) is 19.2. The monoisotopic (exact) mass is 382 g/mol. The van der Waals surface area contributed by atoms with Gasteiger partial charge in [-0.05, 0) is 31.4 Å². The van der Waals surface area contributed by atoms with Crippen molar-refractivity contribution in [2.75, 3.05) is 23.1 Å². The normalized spacial score (nSPS) is 18.0. The first-order chi connectivity index (χ1) is 12.4. The number of anilines is 1. The number of carbonyl (C=O) groups is 1. The summed E-state index contributed by atoms with van der Waals surface area (Å²) in [6.45, 7) is 6.47. The summed E-state index contributed by atoms with van der Waals surface area (Å²) in [5.41, 5.74) is 0.493. The largest absolute Gasteiger partial charge is 0.476 e. The smallest absolute Gasteiger partial charge is 0.263 e. The van der Waals surface area contributed by atoms with Gasteiger partial charge in [-0.25, -0.2) is 8.42 Å². The van der Waals surface area contributed by atoms with E-state index in [1.807, 2.05) is 0 Å². The van der Waals surface area contributed by atoms with E-state index in [2.05, 4.69) is 19.2 Å². The van der Waals surface area contributed by atoms with E-state index in [0.29, 0.717) is 23.9 Å². The molecule has 1 N–H and O–H groups in total. The molecule has 0 spiro atoms. The van der Waals surface area contributed by atoms with Gasteiger partial charge < -0.3 is 10.1 Å². The highest BCUT2D eigenvalue weighted by atomic mass is 32.2. The zero-order valence-corrected chi connectivity index (χ0v) is 16.7. The summed E-state index contributed by atoms with van der Waals surface area (Å²) in [4.78, 5) is 12.6. The minimum Gasteiger partial charge on any atom is -0.476 e. The first-order valence-corrected chi connectivity index (χ1v) is 11.1. The van der Waals surface area contributed by atoms with Crippen LogP contribution in [0.15, 0.2) is 24.3 Å². The van der Waals surface area contributed by atoms with Crippen molar-refractivity contribution in [3.63, 3.8) is 0 Å². The minimum atomic E-state index is -3.48. The van der Waals surface area contributed by atoms with E-state index in [1.54, 1.807) is 31.2 Å². The Kier molecular flexibility index (Phi) is 7.32. The fourth-order valence-corrected chi connectivity index (χ4v) is 4.18. The Bertz CT molecular complexity index is 705. The van der Waals surface area contributed by atoms with Crippen LogP contribution in [0.4, 0.5) is 5.69 Å². The van der Waals surface area contributed by atoms with Gasteiger partial charge in [-0.15, -0.1) is 0 Å². The lowest BCUT2D eigenvalue weighted by atomic mass is 9.99. The van der Waals surface area contributed by atoms with Crippen LogP contribution in [0, 0.1) is 5.92 Å². The fourth-order valence-electron chi connectivity index (χ4n) is 3.06. The molecule has 1 amide bonds. The maximum absolute atomic E-state index is 12.6. The predicted molar refractivity (Wildman–Crippen MR) is 104 cm³/mol. The molecule has 6 nitrogen and oxygen atoms in total. The van der Waals surface area contributed by atoms with Crippen LogP contribution in [-0.2, 0) is 14.8 Å². The molecule has 2 rings (SSSR count). The molecule has 0 saturated carbocycles. The summed E-state index contributed by atoms with van der Waals surface area (Å²) in [5, 5.41) is 2.95. The molecule has 0 bridgehead atoms. The van der Waals surface area contributed by atoms with E-state index in [4.69, 9.17) is 4.74 Å². The van der Waals surface area contributed by atoms with Crippen molar-refractivity contribution in [1.82, 2.24) is 5.32 Å². The number of carbonyl (C=O) groups excluding carboxylic acids is 1. The predicted octanol–water partition coefficient (Wildman–Crippen LogP) is 2.94. The van der Waals surface area contributed by atoms with E-state index in [0.717, 1.165) is 25.7 Å². The van der Waals surface area contributed by atoms with Gasteiger partial charge in [0.05, 0.1) is 18.0 Å². The number of hydrogen-bond donors (Lipinski definition) is 1. The molecule has 0 fully saturated rings. The molecule has 0 radical (unpaired) electrons. The fraction of sp³-hybridized carbons (Fsp3) is 0.632. The van der Waals surface area contributed by atoms with Crippen LogP contribution in [0.1, 0.15) is 46.5 Å². The SMILES string of the molecule is CCCC[C@H](CC)CNC(=O)[C@H]1CN(S(=O)(=O)CC)c2ccccc2O1. The Morgan fingerprint density at radius 1 is 1.31 bits per heavy atom. The molecule has 1 aromatic carbocycles. The molecule has 7 heteroatoms. The number of para-hydroxylation sites is 2. The van der Waals surface area contributed by atoms with Crippen LogP contribution >= 0.6 is 0 Å². The second-order valence-electron chi connectivity index (χ2n) is 6.67. The highest BCUT2D eigenvalue weighted by molar-refractivity contribution is 7.92. The third-order valence-electron chi connectivity index (χ3n) is 4.84. The Morgan fingerprint density at radius 2 is 2.04 bits per heavy atom. The zero-order valence-electron chi connectivity index (χ0n) is 15.9. The summed E-state index contributed by atoms with van der Waals surface area (Å²) in [6.07, 6.45) is 3.53. The van der Waals surface area contributed by atoms with Gasteiger partial charge >= 0.3 is 0 Å². The van der Waals surface area contributed by atoms with Gasteiger partial charge in [-0.1, -0.05) is 45.2 Å². The lowest BCUT2D eigenvalue weighted by Crippen LogP contribution is -2.51. The Labute approximate surface area is 157 Å². The maximum Gasteiger partial charge on any atom is 0.263 e. The molecular formula is C19H30N2O4S. The van der Waals surface area contributed by atoms with Crippen molar-refractivity contribution in [3.8, 4) is 5.75 Å². The summed E-state index contributed by atoms with van der Waals surface area (Å²) >= 11 is 0. The molecular weight excluding hydrogens is 352 g/mol. The average molecular weight is 383 g/mol. The lowest BCUT2D eigenvalue weighted by molar-refractivity contribution is -0.127.